The van der Waals surface area contributed by atoms with Crippen LogP contribution in [-0.2, 0) is 13.9 Å². The van der Waals surface area contributed by atoms with Crippen molar-refractivity contribution in [2.24, 2.45) is 0 Å². The summed E-state index contributed by atoms with van der Waals surface area (Å²) in [5.74, 6) is -0.624. The van der Waals surface area contributed by atoms with Crippen molar-refractivity contribution in [1.29, 1.82) is 0 Å². The van der Waals surface area contributed by atoms with Gasteiger partial charge in [-0.1, -0.05) is 130 Å². The summed E-state index contributed by atoms with van der Waals surface area (Å²) in [4.78, 5) is 14.0. The lowest BCUT2D eigenvalue weighted by Crippen LogP contribution is -2.68. The zero-order valence-electron chi connectivity index (χ0n) is 24.6. The van der Waals surface area contributed by atoms with E-state index in [0.29, 0.717) is 5.56 Å². The number of aliphatic hydroxyl groups is 2. The van der Waals surface area contributed by atoms with Crippen molar-refractivity contribution in [2.75, 3.05) is 6.61 Å². The minimum atomic E-state index is -2.95. The monoisotopic (exact) mass is 614 g/mol. The molecular weight excluding hydrogens is 577 g/mol. The molecule has 43 heavy (non-hydrogen) atoms. The molecule has 0 aliphatic carbocycles. The summed E-state index contributed by atoms with van der Waals surface area (Å²) in [7, 11) is -2.95. The molecule has 0 saturated carbocycles. The van der Waals surface area contributed by atoms with Crippen molar-refractivity contribution in [3.8, 4) is 0 Å². The van der Waals surface area contributed by atoms with E-state index < -0.39 is 44.1 Å². The first-order chi connectivity index (χ1) is 20.7. The molecule has 0 aromatic heterocycles. The number of thioether (sulfide) groups is 1. The first-order valence-corrected chi connectivity index (χ1v) is 17.2. The fourth-order valence-electron chi connectivity index (χ4n) is 5.64. The van der Waals surface area contributed by atoms with Gasteiger partial charge in [-0.25, -0.2) is 4.79 Å². The van der Waals surface area contributed by atoms with Crippen LogP contribution in [0.4, 0.5) is 0 Å². The lowest BCUT2D eigenvalue weighted by atomic mass is 10.00. The quantitative estimate of drug-likeness (QED) is 0.202. The Hall–Kier alpha value is -3.24. The van der Waals surface area contributed by atoms with Gasteiger partial charge in [-0.2, -0.15) is 0 Å². The van der Waals surface area contributed by atoms with E-state index in [4.69, 9.17) is 13.9 Å². The Bertz CT molecular complexity index is 1410. The number of carbonyl (C=O) groups is 1. The molecule has 6 nitrogen and oxygen atoms in total. The summed E-state index contributed by atoms with van der Waals surface area (Å²) < 4.78 is 19.2. The minimum absolute atomic E-state index is 0.0341. The standard InChI is InChI=1S/C35H38O6SSi/c1-35(2,3)43(27-20-12-6-13-21-27,28-22-14-7-15-23-28)39-24-29-30(36)32(41-33(38)25-16-8-4-9-17-25)31(37)34(40-29)42-26-18-10-5-11-19-26/h4-23,29-32,34,36-37H,24H2,1-3H3/t29-,30-,31+,32+,34+/m1/s1. The topological polar surface area (TPSA) is 85.2 Å². The van der Waals surface area contributed by atoms with Crippen molar-refractivity contribution >= 4 is 36.4 Å². The molecule has 0 amide bonds. The van der Waals surface area contributed by atoms with Crippen molar-refractivity contribution in [2.45, 2.75) is 60.6 Å². The van der Waals surface area contributed by atoms with Gasteiger partial charge < -0.3 is 24.1 Å². The van der Waals surface area contributed by atoms with E-state index in [9.17, 15) is 15.0 Å². The number of carbonyl (C=O) groups excluding carboxylic acids is 1. The predicted octanol–water partition coefficient (Wildman–Crippen LogP) is 5.03. The molecule has 0 radical (unpaired) electrons. The second kappa shape index (κ2) is 13.6. The van der Waals surface area contributed by atoms with Crippen LogP contribution in [-0.4, -0.2) is 61.0 Å². The Morgan fingerprint density at radius 1 is 0.767 bits per heavy atom. The van der Waals surface area contributed by atoms with E-state index in [1.165, 1.54) is 11.8 Å². The van der Waals surface area contributed by atoms with Gasteiger partial charge in [-0.3, -0.25) is 0 Å². The van der Waals surface area contributed by atoms with E-state index in [1.807, 2.05) is 66.7 Å². The highest BCUT2D eigenvalue weighted by Crippen LogP contribution is 2.39. The Balaban J connectivity index is 1.48. The third kappa shape index (κ3) is 6.80. The number of rotatable bonds is 9. The summed E-state index contributed by atoms with van der Waals surface area (Å²) in [6.07, 6.45) is -4.71. The molecule has 0 unspecified atom stereocenters. The Kier molecular flexibility index (Phi) is 9.86. The maximum absolute atomic E-state index is 13.1. The molecule has 0 spiro atoms. The van der Waals surface area contributed by atoms with Gasteiger partial charge in [0.15, 0.2) is 6.10 Å². The highest BCUT2D eigenvalue weighted by molar-refractivity contribution is 7.99. The van der Waals surface area contributed by atoms with Crippen LogP contribution < -0.4 is 10.4 Å². The van der Waals surface area contributed by atoms with Crippen LogP contribution in [0.5, 0.6) is 0 Å². The molecule has 1 aliphatic rings. The summed E-state index contributed by atoms with van der Waals surface area (Å²) in [5.41, 5.74) is -0.479. The third-order valence-electron chi connectivity index (χ3n) is 7.77. The van der Waals surface area contributed by atoms with Crippen molar-refractivity contribution < 1.29 is 28.9 Å². The van der Waals surface area contributed by atoms with E-state index in [2.05, 4.69) is 45.0 Å². The zero-order valence-corrected chi connectivity index (χ0v) is 26.4. The van der Waals surface area contributed by atoms with Gasteiger partial charge in [-0.05, 0) is 39.7 Å². The van der Waals surface area contributed by atoms with E-state index in [1.54, 1.807) is 30.3 Å². The van der Waals surface area contributed by atoms with Crippen LogP contribution in [0.3, 0.4) is 0 Å². The Morgan fingerprint density at radius 3 is 1.77 bits per heavy atom. The number of aliphatic hydroxyl groups excluding tert-OH is 2. The first-order valence-electron chi connectivity index (χ1n) is 14.4. The zero-order chi connectivity index (χ0) is 30.5. The van der Waals surface area contributed by atoms with Crippen molar-refractivity contribution in [3.05, 3.63) is 127 Å². The smallest absolute Gasteiger partial charge is 0.338 e. The number of hydrogen-bond acceptors (Lipinski definition) is 7. The normalized spacial score (nSPS) is 22.6. The van der Waals surface area contributed by atoms with Gasteiger partial charge in [0, 0.05) is 4.90 Å². The third-order valence-corrected chi connectivity index (χ3v) is 13.9. The van der Waals surface area contributed by atoms with Gasteiger partial charge >= 0.3 is 5.97 Å². The summed E-state index contributed by atoms with van der Waals surface area (Å²) >= 11 is 1.32. The number of esters is 1. The molecule has 1 fully saturated rings. The summed E-state index contributed by atoms with van der Waals surface area (Å²) in [6.45, 7) is 6.57. The molecule has 4 aromatic carbocycles. The molecule has 5 atom stereocenters. The lowest BCUT2D eigenvalue weighted by molar-refractivity contribution is -0.205. The van der Waals surface area contributed by atoms with E-state index >= 15 is 0 Å². The average molecular weight is 615 g/mol. The van der Waals surface area contributed by atoms with E-state index in [0.717, 1.165) is 15.3 Å². The first kappa shape index (κ1) is 31.2. The molecule has 5 rings (SSSR count). The second-order valence-electron chi connectivity index (χ2n) is 11.7. The van der Waals surface area contributed by atoms with Crippen LogP contribution in [0, 0.1) is 0 Å². The van der Waals surface area contributed by atoms with Crippen LogP contribution in [0.25, 0.3) is 0 Å². The van der Waals surface area contributed by atoms with Crippen LogP contribution in [0.15, 0.2) is 126 Å². The van der Waals surface area contributed by atoms with Gasteiger partial charge in [0.2, 0.25) is 0 Å². The minimum Gasteiger partial charge on any atom is -0.453 e. The van der Waals surface area contributed by atoms with E-state index in [-0.39, 0.29) is 11.6 Å². The Labute approximate surface area is 258 Å². The molecule has 1 aliphatic heterocycles. The second-order valence-corrected chi connectivity index (χ2v) is 17.1. The summed E-state index contributed by atoms with van der Waals surface area (Å²) in [6, 6.07) is 38.6. The SMILES string of the molecule is CC(C)(C)[Si](OC[C@H]1O[C@@H](Sc2ccccc2)[C@@H](O)[C@@H](OC(=O)c2ccccc2)[C@@H]1O)(c1ccccc1)c1ccccc1. The maximum Gasteiger partial charge on any atom is 0.338 e. The maximum atomic E-state index is 13.1. The Morgan fingerprint density at radius 2 is 1.26 bits per heavy atom. The number of ether oxygens (including phenoxy) is 2. The molecular formula is C35H38O6SSi. The number of hydrogen-bond donors (Lipinski definition) is 2. The van der Waals surface area contributed by atoms with Gasteiger partial charge in [0.05, 0.1) is 12.2 Å². The van der Waals surface area contributed by atoms with Crippen LogP contribution in [0.2, 0.25) is 5.04 Å². The fourth-order valence-corrected chi connectivity index (χ4v) is 11.3. The largest absolute Gasteiger partial charge is 0.453 e. The van der Waals surface area contributed by atoms with Crippen molar-refractivity contribution in [1.82, 2.24) is 0 Å². The molecule has 4 aromatic rings. The number of benzene rings is 4. The molecule has 0 bridgehead atoms. The van der Waals surface area contributed by atoms with Gasteiger partial charge in [0.1, 0.15) is 23.7 Å². The fraction of sp³-hybridized carbons (Fsp3) is 0.286. The lowest BCUT2D eigenvalue weighted by Gasteiger charge is -2.46. The molecule has 2 N–H and O–H groups in total. The van der Waals surface area contributed by atoms with Gasteiger partial charge in [-0.15, -0.1) is 0 Å². The predicted molar refractivity (Wildman–Crippen MR) is 172 cm³/mol. The van der Waals surface area contributed by atoms with Gasteiger partial charge in [0.25, 0.3) is 8.32 Å². The molecule has 1 heterocycles. The highest BCUT2D eigenvalue weighted by Gasteiger charge is 2.53. The highest BCUT2D eigenvalue weighted by atomic mass is 32.2. The van der Waals surface area contributed by atoms with Crippen LogP contribution >= 0.6 is 11.8 Å². The molecule has 224 valence electrons. The molecule has 1 saturated heterocycles. The van der Waals surface area contributed by atoms with Crippen molar-refractivity contribution in [3.63, 3.8) is 0 Å². The van der Waals surface area contributed by atoms with Crippen LogP contribution in [0.1, 0.15) is 31.1 Å². The summed E-state index contributed by atoms with van der Waals surface area (Å²) in [5, 5.41) is 24.9. The average Bonchev–Trinajstić information content (AvgIpc) is 3.03. The molecule has 8 heteroatoms.